The van der Waals surface area contributed by atoms with Crippen molar-refractivity contribution >= 4 is 17.7 Å². The zero-order valence-electron chi connectivity index (χ0n) is 18.4. The number of amides is 2. The van der Waals surface area contributed by atoms with Gasteiger partial charge in [-0.3, -0.25) is 9.69 Å². The van der Waals surface area contributed by atoms with E-state index >= 15 is 0 Å². The van der Waals surface area contributed by atoms with Gasteiger partial charge in [-0.15, -0.1) is 0 Å². The second-order valence-electron chi connectivity index (χ2n) is 7.96. The number of ether oxygens (including phenoxy) is 1. The van der Waals surface area contributed by atoms with Crippen molar-refractivity contribution in [2.24, 2.45) is 0 Å². The third-order valence-electron chi connectivity index (χ3n) is 5.40. The summed E-state index contributed by atoms with van der Waals surface area (Å²) in [5.41, 5.74) is 4.05. The van der Waals surface area contributed by atoms with Crippen molar-refractivity contribution in [3.63, 3.8) is 0 Å². The Hall–Kier alpha value is -3.26. The molecule has 2 aromatic carbocycles. The zero-order chi connectivity index (χ0) is 22.7. The number of hydrogen-bond donors (Lipinski definition) is 1. The summed E-state index contributed by atoms with van der Waals surface area (Å²) in [7, 11) is 0. The van der Waals surface area contributed by atoms with Crippen LogP contribution in [0, 0.1) is 12.7 Å². The highest BCUT2D eigenvalue weighted by atomic mass is 79.9. The maximum Gasteiger partial charge on any atom is 0.414 e. The third-order valence-corrected chi connectivity index (χ3v) is 5.40. The molecule has 1 N–H and O–H groups in total. The number of rotatable bonds is 6. The summed E-state index contributed by atoms with van der Waals surface area (Å²) in [6.45, 7) is 4.67. The van der Waals surface area contributed by atoms with E-state index in [1.807, 2.05) is 29.1 Å². The summed E-state index contributed by atoms with van der Waals surface area (Å²) >= 11 is 0. The molecule has 4 rings (SSSR count). The van der Waals surface area contributed by atoms with E-state index in [9.17, 15) is 14.0 Å². The van der Waals surface area contributed by atoms with Gasteiger partial charge in [-0.1, -0.05) is 29.8 Å². The van der Waals surface area contributed by atoms with Crippen molar-refractivity contribution < 1.29 is 40.3 Å². The van der Waals surface area contributed by atoms with E-state index in [1.54, 1.807) is 12.1 Å². The summed E-state index contributed by atoms with van der Waals surface area (Å²) < 4.78 is 22.2. The Kier molecular flexibility index (Phi) is 7.81. The molecule has 0 bridgehead atoms. The molecule has 0 saturated carbocycles. The standard InChI is InChI=1S/C25H24FN3O3.BrH/c1-17-3-5-19(6-4-17)15-28-11-9-20(10-12-28)23-8-7-21(13-24(23)26)29-16-22(32-25(29)31)14-27-18(2)30;/h3-13,22H,14-16H2,1-2H3;1H/t22-;/m0./s1. The number of pyridine rings is 1. The molecule has 2 amide bonds. The third kappa shape index (κ3) is 5.96. The molecule has 3 aromatic rings. The number of aromatic nitrogens is 1. The second-order valence-corrected chi connectivity index (χ2v) is 7.96. The van der Waals surface area contributed by atoms with E-state index < -0.39 is 18.0 Å². The quantitative estimate of drug-likeness (QED) is 0.491. The highest BCUT2D eigenvalue weighted by molar-refractivity contribution is 5.90. The van der Waals surface area contributed by atoms with Crippen molar-refractivity contribution in [2.45, 2.75) is 26.5 Å². The number of aryl methyl sites for hydroxylation is 1. The van der Waals surface area contributed by atoms with Gasteiger partial charge >= 0.3 is 6.09 Å². The number of benzene rings is 2. The van der Waals surface area contributed by atoms with Crippen molar-refractivity contribution in [3.8, 4) is 11.1 Å². The number of anilines is 1. The largest absolute Gasteiger partial charge is 1.00 e. The molecule has 0 unspecified atom stereocenters. The van der Waals surface area contributed by atoms with E-state index in [-0.39, 0.29) is 36.0 Å². The average molecular weight is 514 g/mol. The van der Waals surface area contributed by atoms with E-state index in [2.05, 4.69) is 36.5 Å². The fourth-order valence-electron chi connectivity index (χ4n) is 3.65. The highest BCUT2D eigenvalue weighted by Crippen LogP contribution is 2.28. The van der Waals surface area contributed by atoms with Gasteiger partial charge in [0.25, 0.3) is 0 Å². The number of nitrogens with zero attached hydrogens (tertiary/aromatic N) is 2. The van der Waals surface area contributed by atoms with Crippen LogP contribution in [-0.4, -0.2) is 31.2 Å². The molecule has 1 aliphatic heterocycles. The van der Waals surface area contributed by atoms with Crippen LogP contribution < -0.4 is 31.8 Å². The number of carbonyl (C=O) groups excluding carboxylic acids is 2. The molecule has 33 heavy (non-hydrogen) atoms. The summed E-state index contributed by atoms with van der Waals surface area (Å²) in [5.74, 6) is -0.616. The first-order valence-corrected chi connectivity index (χ1v) is 10.5. The van der Waals surface area contributed by atoms with Gasteiger partial charge in [0.15, 0.2) is 18.9 Å². The molecule has 1 saturated heterocycles. The molecule has 6 nitrogen and oxygen atoms in total. The molecule has 1 fully saturated rings. The van der Waals surface area contributed by atoms with Gasteiger partial charge in [0.05, 0.1) is 18.8 Å². The molecule has 0 radical (unpaired) electrons. The highest BCUT2D eigenvalue weighted by Gasteiger charge is 2.32. The molecule has 1 atom stereocenters. The van der Waals surface area contributed by atoms with Gasteiger partial charge in [-0.05, 0) is 30.7 Å². The summed E-state index contributed by atoms with van der Waals surface area (Å²) in [6.07, 6.45) is 2.83. The maximum absolute atomic E-state index is 14.9. The van der Waals surface area contributed by atoms with Gasteiger partial charge in [-0.25, -0.2) is 13.8 Å². The minimum Gasteiger partial charge on any atom is -1.00 e. The fraction of sp³-hybridized carbons (Fsp3) is 0.240. The van der Waals surface area contributed by atoms with E-state index in [4.69, 9.17) is 4.74 Å². The van der Waals surface area contributed by atoms with Crippen molar-refractivity contribution in [2.75, 3.05) is 18.0 Å². The normalized spacial score (nSPS) is 15.1. The number of halogens is 2. The van der Waals surface area contributed by atoms with Crippen molar-refractivity contribution in [3.05, 3.63) is 83.9 Å². The Labute approximate surface area is 202 Å². The average Bonchev–Trinajstić information content (AvgIpc) is 3.15. The Morgan fingerprint density at radius 1 is 1.15 bits per heavy atom. The predicted molar refractivity (Wildman–Crippen MR) is 119 cm³/mol. The fourth-order valence-corrected chi connectivity index (χ4v) is 3.65. The molecular weight excluding hydrogens is 489 g/mol. The smallest absolute Gasteiger partial charge is 0.414 e. The number of nitrogens with one attached hydrogen (secondary N) is 1. The van der Waals surface area contributed by atoms with Crippen LogP contribution in [0.2, 0.25) is 0 Å². The summed E-state index contributed by atoms with van der Waals surface area (Å²) in [6, 6.07) is 16.8. The van der Waals surface area contributed by atoms with E-state index in [1.165, 1.54) is 29.0 Å². The number of carbonyl (C=O) groups is 2. The van der Waals surface area contributed by atoms with Crippen LogP contribution >= 0.6 is 0 Å². The van der Waals surface area contributed by atoms with Crippen molar-refractivity contribution in [1.82, 2.24) is 5.32 Å². The van der Waals surface area contributed by atoms with Gasteiger partial charge in [-0.2, -0.15) is 0 Å². The minimum absolute atomic E-state index is 0. The molecule has 0 aliphatic carbocycles. The van der Waals surface area contributed by atoms with Crippen LogP contribution in [0.4, 0.5) is 14.9 Å². The topological polar surface area (TPSA) is 62.5 Å². The molecule has 1 aliphatic rings. The molecule has 1 aromatic heterocycles. The van der Waals surface area contributed by atoms with Gasteiger partial charge in [0.1, 0.15) is 11.9 Å². The minimum atomic E-state index is -0.552. The lowest BCUT2D eigenvalue weighted by Gasteiger charge is -2.14. The SMILES string of the molecule is CC(=O)NC[C@H]1CN(c2ccc(-c3cc[n+](Cc4ccc(C)cc4)cc3)c(F)c2)C(=O)O1.[Br-]. The van der Waals surface area contributed by atoms with E-state index in [0.717, 1.165) is 12.1 Å². The first kappa shape index (κ1) is 24.4. The number of cyclic esters (lactones) is 1. The molecule has 172 valence electrons. The zero-order valence-corrected chi connectivity index (χ0v) is 20.0. The van der Waals surface area contributed by atoms with Crippen LogP contribution in [0.5, 0.6) is 0 Å². The van der Waals surface area contributed by atoms with Crippen molar-refractivity contribution in [1.29, 1.82) is 0 Å². The van der Waals surface area contributed by atoms with Crippen LogP contribution in [0.3, 0.4) is 0 Å². The predicted octanol–water partition coefficient (Wildman–Crippen LogP) is 0.602. The van der Waals surface area contributed by atoms with Crippen LogP contribution in [-0.2, 0) is 16.1 Å². The van der Waals surface area contributed by atoms with E-state index in [0.29, 0.717) is 11.3 Å². The summed E-state index contributed by atoms with van der Waals surface area (Å²) in [4.78, 5) is 24.6. The summed E-state index contributed by atoms with van der Waals surface area (Å²) in [5, 5.41) is 2.63. The van der Waals surface area contributed by atoms with Gasteiger partial charge < -0.3 is 27.0 Å². The molecular formula is C25H25BrFN3O3. The Bertz CT molecular complexity index is 1140. The monoisotopic (exact) mass is 513 g/mol. The second kappa shape index (κ2) is 10.6. The lowest BCUT2D eigenvalue weighted by Crippen LogP contribution is -3.00. The Morgan fingerprint density at radius 2 is 1.85 bits per heavy atom. The first-order chi connectivity index (χ1) is 15.4. The van der Waals surface area contributed by atoms with Crippen LogP contribution in [0.25, 0.3) is 11.1 Å². The van der Waals surface area contributed by atoms with Crippen LogP contribution in [0.1, 0.15) is 18.1 Å². The van der Waals surface area contributed by atoms with Crippen LogP contribution in [0.15, 0.2) is 67.0 Å². The maximum atomic E-state index is 14.9. The lowest BCUT2D eigenvalue weighted by atomic mass is 10.1. The first-order valence-electron chi connectivity index (χ1n) is 10.5. The molecule has 8 heteroatoms. The Balaban J connectivity index is 0.00000306. The Morgan fingerprint density at radius 3 is 2.48 bits per heavy atom. The molecule has 0 spiro atoms. The van der Waals surface area contributed by atoms with Gasteiger partial charge in [0, 0.05) is 30.2 Å². The molecule has 2 heterocycles. The van der Waals surface area contributed by atoms with Gasteiger partial charge in [0.2, 0.25) is 5.91 Å². The lowest BCUT2D eigenvalue weighted by molar-refractivity contribution is -0.688. The number of hydrogen-bond acceptors (Lipinski definition) is 3.